The number of carbonyl (C=O) groups excluding carboxylic acids is 1. The van der Waals surface area contributed by atoms with Gasteiger partial charge in [0.2, 0.25) is 0 Å². The number of aliphatic hydroxyl groups is 3. The Morgan fingerprint density at radius 3 is 2.05 bits per heavy atom. The molecule has 0 aromatic rings. The molecule has 0 aliphatic rings. The van der Waals surface area contributed by atoms with Crippen LogP contribution in [0.1, 0.15) is 51.4 Å². The summed E-state index contributed by atoms with van der Waals surface area (Å²) in [5.74, 6) is -3.12. The van der Waals surface area contributed by atoms with E-state index in [0.717, 1.165) is 44.6 Å². The van der Waals surface area contributed by atoms with E-state index in [1.807, 2.05) is 0 Å². The Balaban J connectivity index is 3.11. The average molecular weight is 276 g/mol. The summed E-state index contributed by atoms with van der Waals surface area (Å²) < 4.78 is 0. The minimum Gasteiger partial charge on any atom is -0.344 e. The Morgan fingerprint density at radius 1 is 1.00 bits per heavy atom. The van der Waals surface area contributed by atoms with Crippen molar-refractivity contribution in [2.75, 3.05) is 6.61 Å². The summed E-state index contributed by atoms with van der Waals surface area (Å²) in [5, 5.41) is 26.0. The lowest BCUT2D eigenvalue weighted by Crippen LogP contribution is -2.26. The quantitative estimate of drug-likeness (QED) is 0.164. The Labute approximate surface area is 113 Å². The smallest absolute Gasteiger partial charge is 0.344 e. The van der Waals surface area contributed by atoms with Crippen molar-refractivity contribution in [2.45, 2.75) is 57.3 Å². The summed E-state index contributed by atoms with van der Waals surface area (Å²) in [5.41, 5.74) is 0. The normalized spacial score (nSPS) is 11.3. The number of unbranched alkanes of at least 4 members (excludes halogenated alkanes) is 6. The topological polar surface area (TPSA) is 96.2 Å². The van der Waals surface area contributed by atoms with Crippen LogP contribution in [0.3, 0.4) is 0 Å². The molecule has 0 rings (SSSR count). The molecular formula is C13H24O6. The third-order valence-electron chi connectivity index (χ3n) is 2.55. The largest absolute Gasteiger partial charge is 0.365 e. The first-order chi connectivity index (χ1) is 8.95. The van der Waals surface area contributed by atoms with Crippen LogP contribution >= 0.6 is 0 Å². The first-order valence-electron chi connectivity index (χ1n) is 6.58. The standard InChI is InChI=1S/C13H24O6/c1-2-12(14)19-18-11-9-7-5-3-4-6-8-10-13(15,16)17/h2,15-17H,1,3-11H2. The third kappa shape index (κ3) is 15.0. The highest BCUT2D eigenvalue weighted by Gasteiger charge is 2.16. The highest BCUT2D eigenvalue weighted by atomic mass is 17.2. The van der Waals surface area contributed by atoms with E-state index < -0.39 is 11.9 Å². The van der Waals surface area contributed by atoms with Gasteiger partial charge in [-0.2, -0.15) is 4.89 Å². The number of rotatable bonds is 12. The fourth-order valence-electron chi connectivity index (χ4n) is 1.54. The molecule has 0 aliphatic carbocycles. The fraction of sp³-hybridized carbons (Fsp3) is 0.769. The van der Waals surface area contributed by atoms with Crippen LogP contribution in [0.25, 0.3) is 0 Å². The highest BCUT2D eigenvalue weighted by Crippen LogP contribution is 2.12. The molecule has 0 aromatic carbocycles. The van der Waals surface area contributed by atoms with Gasteiger partial charge in [-0.1, -0.05) is 38.7 Å². The first-order valence-corrected chi connectivity index (χ1v) is 6.58. The zero-order valence-corrected chi connectivity index (χ0v) is 11.2. The van der Waals surface area contributed by atoms with Gasteiger partial charge >= 0.3 is 5.97 Å². The maximum absolute atomic E-state index is 10.6. The second-order valence-electron chi connectivity index (χ2n) is 4.43. The minimum absolute atomic E-state index is 0.0183. The number of hydrogen-bond donors (Lipinski definition) is 3. The van der Waals surface area contributed by atoms with Crippen molar-refractivity contribution in [1.82, 2.24) is 0 Å². The molecule has 6 nitrogen and oxygen atoms in total. The average Bonchev–Trinajstić information content (AvgIpc) is 2.34. The summed E-state index contributed by atoms with van der Waals surface area (Å²) in [4.78, 5) is 19.6. The van der Waals surface area contributed by atoms with Gasteiger partial charge in [-0.05, 0) is 12.8 Å². The lowest BCUT2D eigenvalue weighted by molar-refractivity contribution is -0.315. The monoisotopic (exact) mass is 276 g/mol. The van der Waals surface area contributed by atoms with Crippen LogP contribution < -0.4 is 0 Å². The molecule has 0 amide bonds. The molecule has 0 atom stereocenters. The second kappa shape index (κ2) is 10.9. The molecule has 0 spiro atoms. The lowest BCUT2D eigenvalue weighted by atomic mass is 10.1. The van der Waals surface area contributed by atoms with Crippen LogP contribution in [0.15, 0.2) is 12.7 Å². The van der Waals surface area contributed by atoms with Crippen LogP contribution in [0.2, 0.25) is 0 Å². The Bertz CT molecular complexity index is 246. The van der Waals surface area contributed by atoms with Crippen LogP contribution in [0, 0.1) is 0 Å². The van der Waals surface area contributed by atoms with Crippen molar-refractivity contribution in [1.29, 1.82) is 0 Å². The number of hydrogen-bond acceptors (Lipinski definition) is 6. The lowest BCUT2D eigenvalue weighted by Gasteiger charge is -2.12. The molecule has 0 saturated heterocycles. The molecule has 0 saturated carbocycles. The molecule has 0 aliphatic heterocycles. The maximum atomic E-state index is 10.6. The minimum atomic E-state index is -2.53. The summed E-state index contributed by atoms with van der Waals surface area (Å²) >= 11 is 0. The molecule has 6 heteroatoms. The van der Waals surface area contributed by atoms with E-state index in [-0.39, 0.29) is 6.42 Å². The van der Waals surface area contributed by atoms with E-state index >= 15 is 0 Å². The van der Waals surface area contributed by atoms with E-state index in [1.165, 1.54) is 0 Å². The van der Waals surface area contributed by atoms with Crippen molar-refractivity contribution < 1.29 is 29.9 Å². The zero-order chi connectivity index (χ0) is 14.6. The zero-order valence-electron chi connectivity index (χ0n) is 11.2. The van der Waals surface area contributed by atoms with Crippen molar-refractivity contribution in [3.05, 3.63) is 12.7 Å². The van der Waals surface area contributed by atoms with Crippen molar-refractivity contribution in [3.63, 3.8) is 0 Å². The molecular weight excluding hydrogens is 252 g/mol. The Morgan fingerprint density at radius 2 is 1.53 bits per heavy atom. The van der Waals surface area contributed by atoms with E-state index in [0.29, 0.717) is 13.0 Å². The van der Waals surface area contributed by atoms with Gasteiger partial charge < -0.3 is 15.3 Å². The maximum Gasteiger partial charge on any atom is 0.365 e. The van der Waals surface area contributed by atoms with Gasteiger partial charge in [0, 0.05) is 12.5 Å². The van der Waals surface area contributed by atoms with Gasteiger partial charge in [0.25, 0.3) is 5.97 Å². The summed E-state index contributed by atoms with van der Waals surface area (Å²) in [6.07, 6.45) is 7.34. The summed E-state index contributed by atoms with van der Waals surface area (Å²) in [6.45, 7) is 3.61. The predicted octanol–water partition coefficient (Wildman–Crippen LogP) is 1.40. The van der Waals surface area contributed by atoms with E-state index in [9.17, 15) is 4.79 Å². The molecule has 0 radical (unpaired) electrons. The first kappa shape index (κ1) is 18.0. The van der Waals surface area contributed by atoms with Gasteiger partial charge in [0.05, 0.1) is 6.61 Å². The van der Waals surface area contributed by atoms with Crippen molar-refractivity contribution >= 4 is 5.97 Å². The number of carbonyl (C=O) groups is 1. The fourth-order valence-corrected chi connectivity index (χ4v) is 1.54. The molecule has 0 bridgehead atoms. The molecule has 3 N–H and O–H groups in total. The van der Waals surface area contributed by atoms with Gasteiger partial charge in [0.15, 0.2) is 0 Å². The molecule has 0 unspecified atom stereocenters. The van der Waals surface area contributed by atoms with Crippen molar-refractivity contribution in [3.8, 4) is 0 Å². The van der Waals surface area contributed by atoms with Crippen LogP contribution in [-0.4, -0.2) is 33.9 Å². The molecule has 19 heavy (non-hydrogen) atoms. The van der Waals surface area contributed by atoms with Crippen LogP contribution in [0.5, 0.6) is 0 Å². The van der Waals surface area contributed by atoms with Gasteiger partial charge in [0.1, 0.15) is 0 Å². The Hall–Kier alpha value is -0.950. The van der Waals surface area contributed by atoms with E-state index in [2.05, 4.69) is 16.4 Å². The van der Waals surface area contributed by atoms with E-state index in [4.69, 9.17) is 15.3 Å². The SMILES string of the molecule is C=CC(=O)OOCCCCCCCCCC(O)(O)O. The van der Waals surface area contributed by atoms with Gasteiger partial charge in [-0.15, -0.1) is 0 Å². The summed E-state index contributed by atoms with van der Waals surface area (Å²) in [6, 6.07) is 0. The Kier molecular flexibility index (Phi) is 10.4. The second-order valence-corrected chi connectivity index (χ2v) is 4.43. The van der Waals surface area contributed by atoms with Crippen molar-refractivity contribution in [2.24, 2.45) is 0 Å². The third-order valence-corrected chi connectivity index (χ3v) is 2.55. The molecule has 0 heterocycles. The molecule has 112 valence electrons. The highest BCUT2D eigenvalue weighted by molar-refractivity contribution is 5.80. The van der Waals surface area contributed by atoms with Crippen LogP contribution in [0.4, 0.5) is 0 Å². The van der Waals surface area contributed by atoms with E-state index in [1.54, 1.807) is 0 Å². The van der Waals surface area contributed by atoms with Gasteiger partial charge in [-0.3, -0.25) is 4.89 Å². The summed E-state index contributed by atoms with van der Waals surface area (Å²) in [7, 11) is 0. The molecule has 0 fully saturated rings. The van der Waals surface area contributed by atoms with Gasteiger partial charge in [-0.25, -0.2) is 4.79 Å². The predicted molar refractivity (Wildman–Crippen MR) is 68.6 cm³/mol. The molecule has 0 aromatic heterocycles. The van der Waals surface area contributed by atoms with Crippen LogP contribution in [-0.2, 0) is 14.6 Å².